The molecular formula is C17H28N2O. The SMILES string of the molecule is CC1CCN(CCOc2cccc(CNC(C)C)c2)C1. The fraction of sp³-hybridized carbons (Fsp3) is 0.647. The van der Waals surface area contributed by atoms with Crippen molar-refractivity contribution in [1.82, 2.24) is 10.2 Å². The Morgan fingerprint density at radius 3 is 2.95 bits per heavy atom. The van der Waals surface area contributed by atoms with E-state index in [2.05, 4.69) is 49.2 Å². The molecule has 1 heterocycles. The molecule has 1 saturated heterocycles. The first-order chi connectivity index (χ1) is 9.63. The van der Waals surface area contributed by atoms with Crippen molar-refractivity contribution in [3.8, 4) is 5.75 Å². The average Bonchev–Trinajstić information content (AvgIpc) is 2.83. The van der Waals surface area contributed by atoms with Gasteiger partial charge in [0.25, 0.3) is 0 Å². The van der Waals surface area contributed by atoms with Crippen LogP contribution in [-0.4, -0.2) is 37.2 Å². The Morgan fingerprint density at radius 2 is 2.25 bits per heavy atom. The summed E-state index contributed by atoms with van der Waals surface area (Å²) in [7, 11) is 0. The van der Waals surface area contributed by atoms with Crippen molar-refractivity contribution in [2.24, 2.45) is 5.92 Å². The van der Waals surface area contributed by atoms with Gasteiger partial charge in [-0.15, -0.1) is 0 Å². The Labute approximate surface area is 123 Å². The lowest BCUT2D eigenvalue weighted by Gasteiger charge is -2.16. The minimum atomic E-state index is 0.511. The van der Waals surface area contributed by atoms with Crippen LogP contribution in [0.1, 0.15) is 32.8 Å². The molecular weight excluding hydrogens is 248 g/mol. The predicted octanol–water partition coefficient (Wildman–Crippen LogP) is 2.91. The third-order valence-corrected chi connectivity index (χ3v) is 3.80. The van der Waals surface area contributed by atoms with E-state index in [1.54, 1.807) is 0 Å². The molecule has 1 aromatic carbocycles. The van der Waals surface area contributed by atoms with E-state index in [1.165, 1.54) is 25.1 Å². The van der Waals surface area contributed by atoms with Crippen molar-refractivity contribution in [3.05, 3.63) is 29.8 Å². The number of likely N-dealkylation sites (tertiary alicyclic amines) is 1. The number of ether oxygens (including phenoxy) is 1. The second-order valence-electron chi connectivity index (χ2n) is 6.23. The monoisotopic (exact) mass is 276 g/mol. The number of benzene rings is 1. The Kier molecular flexibility index (Phi) is 5.86. The van der Waals surface area contributed by atoms with Gasteiger partial charge in [0.05, 0.1) is 0 Å². The van der Waals surface area contributed by atoms with Gasteiger partial charge >= 0.3 is 0 Å². The summed E-state index contributed by atoms with van der Waals surface area (Å²) in [5, 5.41) is 3.43. The highest BCUT2D eigenvalue weighted by Gasteiger charge is 2.17. The summed E-state index contributed by atoms with van der Waals surface area (Å²) in [5.74, 6) is 1.83. The maximum absolute atomic E-state index is 5.88. The Hall–Kier alpha value is -1.06. The van der Waals surface area contributed by atoms with Gasteiger partial charge in [-0.3, -0.25) is 4.90 Å². The van der Waals surface area contributed by atoms with Crippen LogP contribution in [0.5, 0.6) is 5.75 Å². The molecule has 1 N–H and O–H groups in total. The minimum Gasteiger partial charge on any atom is -0.492 e. The number of nitrogens with one attached hydrogen (secondary N) is 1. The number of rotatable bonds is 7. The molecule has 1 aliphatic heterocycles. The van der Waals surface area contributed by atoms with E-state index in [-0.39, 0.29) is 0 Å². The molecule has 0 amide bonds. The molecule has 0 bridgehead atoms. The summed E-state index contributed by atoms with van der Waals surface area (Å²) in [5.41, 5.74) is 1.28. The van der Waals surface area contributed by atoms with Crippen LogP contribution in [0.25, 0.3) is 0 Å². The topological polar surface area (TPSA) is 24.5 Å². The molecule has 0 aliphatic carbocycles. The van der Waals surface area contributed by atoms with Gasteiger partial charge in [-0.25, -0.2) is 0 Å². The molecule has 3 nitrogen and oxygen atoms in total. The van der Waals surface area contributed by atoms with Gasteiger partial charge in [0.2, 0.25) is 0 Å². The van der Waals surface area contributed by atoms with E-state index in [9.17, 15) is 0 Å². The first-order valence-electron chi connectivity index (χ1n) is 7.81. The maximum Gasteiger partial charge on any atom is 0.119 e. The summed E-state index contributed by atoms with van der Waals surface area (Å²) in [6.45, 7) is 11.8. The van der Waals surface area contributed by atoms with Crippen molar-refractivity contribution in [1.29, 1.82) is 0 Å². The summed E-state index contributed by atoms with van der Waals surface area (Å²) in [6.07, 6.45) is 1.33. The van der Waals surface area contributed by atoms with Gasteiger partial charge in [0, 0.05) is 25.7 Å². The fourth-order valence-electron chi connectivity index (χ4n) is 2.59. The highest BCUT2D eigenvalue weighted by Crippen LogP contribution is 2.16. The summed E-state index contributed by atoms with van der Waals surface area (Å²) < 4.78 is 5.88. The minimum absolute atomic E-state index is 0.511. The number of nitrogens with zero attached hydrogens (tertiary/aromatic N) is 1. The van der Waals surface area contributed by atoms with E-state index in [0.717, 1.165) is 31.4 Å². The summed E-state index contributed by atoms with van der Waals surface area (Å²) in [6, 6.07) is 8.92. The quantitative estimate of drug-likeness (QED) is 0.829. The van der Waals surface area contributed by atoms with Crippen LogP contribution in [-0.2, 0) is 6.54 Å². The van der Waals surface area contributed by atoms with Gasteiger partial charge in [0.1, 0.15) is 12.4 Å². The molecule has 0 radical (unpaired) electrons. The molecule has 1 aliphatic rings. The van der Waals surface area contributed by atoms with Crippen LogP contribution in [0, 0.1) is 5.92 Å². The Bertz CT molecular complexity index is 406. The Balaban J connectivity index is 1.73. The fourth-order valence-corrected chi connectivity index (χ4v) is 2.59. The summed E-state index contributed by atoms with van der Waals surface area (Å²) in [4.78, 5) is 2.49. The molecule has 1 fully saturated rings. The highest BCUT2D eigenvalue weighted by molar-refractivity contribution is 5.28. The molecule has 0 aromatic heterocycles. The van der Waals surface area contributed by atoms with Crippen LogP contribution in [0.3, 0.4) is 0 Å². The third-order valence-electron chi connectivity index (χ3n) is 3.80. The van der Waals surface area contributed by atoms with Crippen molar-refractivity contribution >= 4 is 0 Å². The van der Waals surface area contributed by atoms with Crippen molar-refractivity contribution in [3.63, 3.8) is 0 Å². The smallest absolute Gasteiger partial charge is 0.119 e. The largest absolute Gasteiger partial charge is 0.492 e. The lowest BCUT2D eigenvalue weighted by molar-refractivity contribution is 0.234. The first-order valence-corrected chi connectivity index (χ1v) is 7.81. The van der Waals surface area contributed by atoms with Gasteiger partial charge < -0.3 is 10.1 Å². The third kappa shape index (κ3) is 5.14. The highest BCUT2D eigenvalue weighted by atomic mass is 16.5. The summed E-state index contributed by atoms with van der Waals surface area (Å²) >= 11 is 0. The predicted molar refractivity (Wildman–Crippen MR) is 84.1 cm³/mol. The maximum atomic E-state index is 5.88. The van der Waals surface area contributed by atoms with Crippen LogP contribution >= 0.6 is 0 Å². The zero-order chi connectivity index (χ0) is 14.4. The standard InChI is InChI=1S/C17H28N2O/c1-14(2)18-12-16-5-4-6-17(11-16)20-10-9-19-8-7-15(3)13-19/h4-6,11,14-15,18H,7-10,12-13H2,1-3H3. The van der Waals surface area contributed by atoms with Crippen molar-refractivity contribution in [2.75, 3.05) is 26.2 Å². The van der Waals surface area contributed by atoms with Crippen LogP contribution < -0.4 is 10.1 Å². The molecule has 1 aromatic rings. The zero-order valence-electron chi connectivity index (χ0n) is 13.1. The molecule has 2 rings (SSSR count). The van der Waals surface area contributed by atoms with Crippen LogP contribution in [0.2, 0.25) is 0 Å². The Morgan fingerprint density at radius 1 is 1.40 bits per heavy atom. The molecule has 1 atom stereocenters. The average molecular weight is 276 g/mol. The zero-order valence-corrected chi connectivity index (χ0v) is 13.1. The molecule has 112 valence electrons. The lowest BCUT2D eigenvalue weighted by atomic mass is 10.2. The van der Waals surface area contributed by atoms with Gasteiger partial charge in [-0.2, -0.15) is 0 Å². The van der Waals surface area contributed by atoms with E-state index >= 15 is 0 Å². The van der Waals surface area contributed by atoms with Crippen LogP contribution in [0.15, 0.2) is 24.3 Å². The molecule has 0 saturated carbocycles. The lowest BCUT2D eigenvalue weighted by Crippen LogP contribution is -2.26. The van der Waals surface area contributed by atoms with E-state index in [0.29, 0.717) is 6.04 Å². The molecule has 3 heteroatoms. The molecule has 0 spiro atoms. The molecule has 1 unspecified atom stereocenters. The first kappa shape index (κ1) is 15.3. The second kappa shape index (κ2) is 7.65. The normalized spacial score (nSPS) is 19.7. The van der Waals surface area contributed by atoms with Gasteiger partial charge in [-0.1, -0.05) is 32.9 Å². The molecule has 20 heavy (non-hydrogen) atoms. The van der Waals surface area contributed by atoms with E-state index in [4.69, 9.17) is 4.74 Å². The van der Waals surface area contributed by atoms with E-state index in [1.807, 2.05) is 6.07 Å². The number of hydrogen-bond acceptors (Lipinski definition) is 3. The van der Waals surface area contributed by atoms with Crippen molar-refractivity contribution < 1.29 is 4.74 Å². The van der Waals surface area contributed by atoms with Crippen molar-refractivity contribution in [2.45, 2.75) is 39.8 Å². The van der Waals surface area contributed by atoms with Gasteiger partial charge in [-0.05, 0) is 36.6 Å². The van der Waals surface area contributed by atoms with Gasteiger partial charge in [0.15, 0.2) is 0 Å². The number of hydrogen-bond donors (Lipinski definition) is 1. The van der Waals surface area contributed by atoms with E-state index < -0.39 is 0 Å². The van der Waals surface area contributed by atoms with Crippen LogP contribution in [0.4, 0.5) is 0 Å². The second-order valence-corrected chi connectivity index (χ2v) is 6.23.